The van der Waals surface area contributed by atoms with Crippen molar-refractivity contribution in [2.45, 2.75) is 13.5 Å². The highest BCUT2D eigenvalue weighted by Crippen LogP contribution is 2.38. The zero-order valence-electron chi connectivity index (χ0n) is 15.3. The summed E-state index contributed by atoms with van der Waals surface area (Å²) in [6.07, 6.45) is 1.59. The lowest BCUT2D eigenvalue weighted by atomic mass is 10.1. The number of amides is 3. The lowest BCUT2D eigenvalue weighted by Gasteiger charge is -2.15. The molecule has 1 aliphatic rings. The minimum Gasteiger partial charge on any atom is -0.490 e. The molecule has 1 N–H and O–H groups in total. The number of carbonyl (C=O) groups is 2. The molecule has 1 saturated heterocycles. The van der Waals surface area contributed by atoms with Crippen molar-refractivity contribution in [3.05, 3.63) is 62.7 Å². The van der Waals surface area contributed by atoms with Crippen LogP contribution in [0.25, 0.3) is 6.08 Å². The van der Waals surface area contributed by atoms with Crippen molar-refractivity contribution >= 4 is 45.5 Å². The second-order valence-electron chi connectivity index (χ2n) is 6.00. The van der Waals surface area contributed by atoms with Crippen molar-refractivity contribution in [3.8, 4) is 11.5 Å². The van der Waals surface area contributed by atoms with Crippen LogP contribution >= 0.6 is 27.5 Å². The third kappa shape index (κ3) is 4.31. The third-order valence-electron chi connectivity index (χ3n) is 4.05. The predicted octanol–water partition coefficient (Wildman–Crippen LogP) is 4.60. The Labute approximate surface area is 176 Å². The van der Waals surface area contributed by atoms with E-state index in [0.29, 0.717) is 33.2 Å². The number of imide groups is 1. The fraction of sp³-hybridized carbons (Fsp3) is 0.200. The molecule has 0 unspecified atom stereocenters. The highest BCUT2D eigenvalue weighted by Gasteiger charge is 2.30. The molecule has 0 saturated carbocycles. The molecule has 0 aliphatic carbocycles. The van der Waals surface area contributed by atoms with E-state index < -0.39 is 11.9 Å². The van der Waals surface area contributed by atoms with Crippen LogP contribution in [0.1, 0.15) is 18.1 Å². The number of hydrogen-bond donors (Lipinski definition) is 1. The first-order valence-electron chi connectivity index (χ1n) is 8.54. The summed E-state index contributed by atoms with van der Waals surface area (Å²) in [5, 5.41) is 3.16. The molecule has 2 aromatic rings. The zero-order valence-corrected chi connectivity index (χ0v) is 17.6. The van der Waals surface area contributed by atoms with E-state index in [-0.39, 0.29) is 12.3 Å². The molecule has 2 aromatic carbocycles. The third-order valence-corrected chi connectivity index (χ3v) is 5.01. The van der Waals surface area contributed by atoms with Crippen molar-refractivity contribution in [1.82, 2.24) is 10.2 Å². The fourth-order valence-electron chi connectivity index (χ4n) is 2.63. The van der Waals surface area contributed by atoms with Crippen LogP contribution in [0.15, 0.2) is 46.6 Å². The first kappa shape index (κ1) is 20.2. The number of urea groups is 1. The number of ether oxygens (including phenoxy) is 2. The number of benzene rings is 2. The van der Waals surface area contributed by atoms with Gasteiger partial charge in [-0.1, -0.05) is 29.8 Å². The van der Waals surface area contributed by atoms with Gasteiger partial charge in [0.1, 0.15) is 12.3 Å². The van der Waals surface area contributed by atoms with Crippen LogP contribution in [0.2, 0.25) is 5.02 Å². The van der Waals surface area contributed by atoms with E-state index in [9.17, 15) is 9.59 Å². The van der Waals surface area contributed by atoms with Gasteiger partial charge in [0.05, 0.1) is 11.1 Å². The minimum atomic E-state index is -0.458. The number of hydrogen-bond acceptors (Lipinski definition) is 4. The second-order valence-corrected chi connectivity index (χ2v) is 7.26. The van der Waals surface area contributed by atoms with Crippen LogP contribution in [0.4, 0.5) is 4.79 Å². The Morgan fingerprint density at radius 1 is 1.21 bits per heavy atom. The number of rotatable bonds is 6. The number of nitrogens with zero attached hydrogens (tertiary/aromatic N) is 1. The van der Waals surface area contributed by atoms with Gasteiger partial charge >= 0.3 is 6.03 Å². The molecular weight excluding hydrogens is 448 g/mol. The second kappa shape index (κ2) is 8.67. The maximum absolute atomic E-state index is 12.1. The molecule has 28 heavy (non-hydrogen) atoms. The topological polar surface area (TPSA) is 67.9 Å². The van der Waals surface area contributed by atoms with Gasteiger partial charge in [-0.25, -0.2) is 4.79 Å². The molecule has 3 amide bonds. The van der Waals surface area contributed by atoms with Gasteiger partial charge in [-0.15, -0.1) is 0 Å². The normalized spacial score (nSPS) is 15.1. The van der Waals surface area contributed by atoms with Crippen molar-refractivity contribution in [1.29, 1.82) is 0 Å². The predicted molar refractivity (Wildman–Crippen MR) is 110 cm³/mol. The Morgan fingerprint density at radius 2 is 1.96 bits per heavy atom. The van der Waals surface area contributed by atoms with E-state index in [1.54, 1.807) is 24.3 Å². The van der Waals surface area contributed by atoms with Gasteiger partial charge in [0.2, 0.25) is 0 Å². The molecule has 1 heterocycles. The Bertz CT molecular complexity index is 961. The monoisotopic (exact) mass is 464 g/mol. The SMILES string of the molecule is CCOc1cc(/C=C2/NC(=O)N(C)C2=O)cc(Br)c1OCc1ccccc1Cl. The van der Waals surface area contributed by atoms with Crippen LogP contribution < -0.4 is 14.8 Å². The van der Waals surface area contributed by atoms with Crippen LogP contribution in [-0.4, -0.2) is 30.5 Å². The lowest BCUT2D eigenvalue weighted by molar-refractivity contribution is -0.121. The van der Waals surface area contributed by atoms with Gasteiger partial charge in [0.25, 0.3) is 5.91 Å². The van der Waals surface area contributed by atoms with E-state index in [0.717, 1.165) is 10.5 Å². The summed E-state index contributed by atoms with van der Waals surface area (Å²) in [6.45, 7) is 2.58. The number of likely N-dealkylation sites (N-methyl/N-ethyl adjacent to an activating group) is 1. The van der Waals surface area contributed by atoms with Crippen LogP contribution in [0.3, 0.4) is 0 Å². The van der Waals surface area contributed by atoms with Gasteiger partial charge in [0, 0.05) is 17.6 Å². The Morgan fingerprint density at radius 3 is 2.61 bits per heavy atom. The Balaban J connectivity index is 1.89. The maximum atomic E-state index is 12.1. The van der Waals surface area contributed by atoms with Gasteiger partial charge in [0.15, 0.2) is 11.5 Å². The summed E-state index contributed by atoms with van der Waals surface area (Å²) in [7, 11) is 1.42. The molecule has 3 rings (SSSR count). The summed E-state index contributed by atoms with van der Waals surface area (Å²) in [4.78, 5) is 24.7. The van der Waals surface area contributed by atoms with Crippen molar-refractivity contribution in [2.75, 3.05) is 13.7 Å². The molecule has 0 spiro atoms. The summed E-state index contributed by atoms with van der Waals surface area (Å²) in [5.74, 6) is 0.654. The summed E-state index contributed by atoms with van der Waals surface area (Å²) in [6, 6.07) is 10.5. The highest BCUT2D eigenvalue weighted by molar-refractivity contribution is 9.10. The first-order chi connectivity index (χ1) is 13.4. The molecule has 1 fully saturated rings. The molecule has 8 heteroatoms. The molecule has 0 radical (unpaired) electrons. The van der Waals surface area contributed by atoms with Crippen LogP contribution in [0, 0.1) is 0 Å². The maximum Gasteiger partial charge on any atom is 0.328 e. The average Bonchev–Trinajstić information content (AvgIpc) is 2.89. The van der Waals surface area contributed by atoms with Gasteiger partial charge in [-0.2, -0.15) is 0 Å². The van der Waals surface area contributed by atoms with E-state index in [1.165, 1.54) is 7.05 Å². The largest absolute Gasteiger partial charge is 0.490 e. The number of nitrogens with one attached hydrogen (secondary N) is 1. The van der Waals surface area contributed by atoms with E-state index in [2.05, 4.69) is 21.2 Å². The molecular formula is C20H18BrClN2O4. The summed E-state index contributed by atoms with van der Waals surface area (Å²) < 4.78 is 12.3. The molecule has 6 nitrogen and oxygen atoms in total. The van der Waals surface area contributed by atoms with Crippen molar-refractivity contribution in [2.24, 2.45) is 0 Å². The van der Waals surface area contributed by atoms with Crippen molar-refractivity contribution < 1.29 is 19.1 Å². The standard InChI is InChI=1S/C20H18BrClN2O4/c1-3-27-17-10-12(9-16-19(25)24(2)20(26)23-16)8-14(21)18(17)28-11-13-6-4-5-7-15(13)22/h4-10H,3,11H2,1-2H3,(H,23,26)/b16-9+. The van der Waals surface area contributed by atoms with E-state index in [1.807, 2.05) is 25.1 Å². The Kier molecular flexibility index (Phi) is 6.26. The van der Waals surface area contributed by atoms with Crippen molar-refractivity contribution in [3.63, 3.8) is 0 Å². The summed E-state index contributed by atoms with van der Waals surface area (Å²) in [5.41, 5.74) is 1.73. The molecule has 146 valence electrons. The van der Waals surface area contributed by atoms with Crippen LogP contribution in [-0.2, 0) is 11.4 Å². The zero-order chi connectivity index (χ0) is 20.3. The number of halogens is 2. The van der Waals surface area contributed by atoms with E-state index in [4.69, 9.17) is 21.1 Å². The van der Waals surface area contributed by atoms with Gasteiger partial charge in [-0.3, -0.25) is 9.69 Å². The fourth-order valence-corrected chi connectivity index (χ4v) is 3.39. The quantitative estimate of drug-likeness (QED) is 0.500. The molecule has 0 bridgehead atoms. The lowest BCUT2D eigenvalue weighted by Crippen LogP contribution is -2.25. The molecule has 1 aliphatic heterocycles. The minimum absolute atomic E-state index is 0.201. The summed E-state index contributed by atoms with van der Waals surface area (Å²) >= 11 is 9.69. The smallest absolute Gasteiger partial charge is 0.328 e. The van der Waals surface area contributed by atoms with Gasteiger partial charge in [-0.05, 0) is 52.7 Å². The Hall–Kier alpha value is -2.51. The highest BCUT2D eigenvalue weighted by atomic mass is 79.9. The van der Waals surface area contributed by atoms with Gasteiger partial charge < -0.3 is 14.8 Å². The van der Waals surface area contributed by atoms with E-state index >= 15 is 0 Å². The first-order valence-corrected chi connectivity index (χ1v) is 9.71. The molecule has 0 aromatic heterocycles. The molecule has 0 atom stereocenters. The average molecular weight is 466 g/mol. The van der Waals surface area contributed by atoms with Crippen LogP contribution in [0.5, 0.6) is 11.5 Å². The number of carbonyl (C=O) groups excluding carboxylic acids is 2.